The van der Waals surface area contributed by atoms with Crippen molar-refractivity contribution in [2.75, 3.05) is 36.4 Å². The molecule has 28 heavy (non-hydrogen) atoms. The van der Waals surface area contributed by atoms with Gasteiger partial charge < -0.3 is 15.1 Å². The van der Waals surface area contributed by atoms with Gasteiger partial charge in [-0.1, -0.05) is 35.9 Å². The Hall–Kier alpha value is -2.39. The van der Waals surface area contributed by atoms with E-state index < -0.39 is 12.2 Å². The highest BCUT2D eigenvalue weighted by molar-refractivity contribution is 6.33. The van der Waals surface area contributed by atoms with Gasteiger partial charge in [-0.25, -0.2) is 15.2 Å². The van der Waals surface area contributed by atoms with E-state index >= 15 is 0 Å². The molecular formula is C19H22ClFN6O. The minimum absolute atomic E-state index is 0.0508. The van der Waals surface area contributed by atoms with Crippen LogP contribution >= 0.6 is 11.6 Å². The van der Waals surface area contributed by atoms with Crippen LogP contribution in [0.1, 0.15) is 0 Å². The first-order valence-corrected chi connectivity index (χ1v) is 9.56. The maximum atomic E-state index is 13.9. The van der Waals surface area contributed by atoms with E-state index in [2.05, 4.69) is 26.6 Å². The second kappa shape index (κ2) is 8.32. The molecule has 2 saturated heterocycles. The zero-order valence-electron chi connectivity index (χ0n) is 15.2. The number of nitrogens with one attached hydrogen (secondary N) is 4. The summed E-state index contributed by atoms with van der Waals surface area (Å²) in [5.41, 5.74) is 9.94. The highest BCUT2D eigenvalue weighted by Gasteiger charge is 2.37. The lowest BCUT2D eigenvalue weighted by molar-refractivity contribution is -0.133. The molecule has 2 atom stereocenters. The largest absolute Gasteiger partial charge is 0.367 e. The third-order valence-corrected chi connectivity index (χ3v) is 5.34. The summed E-state index contributed by atoms with van der Waals surface area (Å²) in [4.78, 5) is 17.0. The Morgan fingerprint density at radius 1 is 1.04 bits per heavy atom. The van der Waals surface area contributed by atoms with Crippen molar-refractivity contribution in [1.82, 2.24) is 21.3 Å². The summed E-state index contributed by atoms with van der Waals surface area (Å²) in [5, 5.41) is 3.75. The molecule has 2 fully saturated rings. The van der Waals surface area contributed by atoms with Crippen molar-refractivity contribution in [3.63, 3.8) is 0 Å². The Morgan fingerprint density at radius 2 is 1.75 bits per heavy atom. The summed E-state index contributed by atoms with van der Waals surface area (Å²) in [5.74, 6) is -0.416. The van der Waals surface area contributed by atoms with Crippen LogP contribution in [0.3, 0.4) is 0 Å². The molecule has 0 spiro atoms. The Bertz CT molecular complexity index is 845. The van der Waals surface area contributed by atoms with Crippen molar-refractivity contribution in [2.24, 2.45) is 0 Å². The topological polar surface area (TPSA) is 71.7 Å². The van der Waals surface area contributed by atoms with Gasteiger partial charge in [0.1, 0.15) is 18.0 Å². The molecule has 148 valence electrons. The molecule has 1 amide bonds. The number of nitrogens with zero attached hydrogens (tertiary/aromatic N) is 2. The van der Waals surface area contributed by atoms with Crippen LogP contribution < -0.4 is 26.6 Å². The molecule has 4 rings (SSSR count). The number of carbonyl (C=O) groups excluding carboxylic acids is 1. The Kier molecular flexibility index (Phi) is 5.63. The van der Waals surface area contributed by atoms with Gasteiger partial charge in [0.05, 0.1) is 16.4 Å². The first-order chi connectivity index (χ1) is 13.6. The van der Waals surface area contributed by atoms with E-state index in [0.717, 1.165) is 5.69 Å². The third kappa shape index (κ3) is 3.90. The van der Waals surface area contributed by atoms with Gasteiger partial charge in [-0.15, -0.1) is 0 Å². The molecule has 0 aliphatic carbocycles. The summed E-state index contributed by atoms with van der Waals surface area (Å²) in [6.07, 6.45) is -0.481. The number of amides is 1. The number of para-hydroxylation sites is 2. The third-order valence-electron chi connectivity index (χ3n) is 5.02. The van der Waals surface area contributed by atoms with Crippen LogP contribution in [0.25, 0.3) is 0 Å². The van der Waals surface area contributed by atoms with E-state index in [4.69, 9.17) is 11.6 Å². The minimum Gasteiger partial charge on any atom is -0.367 e. The van der Waals surface area contributed by atoms with E-state index in [1.54, 1.807) is 18.2 Å². The molecule has 2 aliphatic heterocycles. The van der Waals surface area contributed by atoms with Crippen LogP contribution in [0, 0.1) is 5.82 Å². The first kappa shape index (κ1) is 18.9. The number of benzene rings is 2. The average molecular weight is 405 g/mol. The number of hydrogen-bond donors (Lipinski definition) is 4. The van der Waals surface area contributed by atoms with Crippen molar-refractivity contribution >= 4 is 28.9 Å². The molecule has 2 aromatic carbocycles. The predicted molar refractivity (Wildman–Crippen MR) is 107 cm³/mol. The monoisotopic (exact) mass is 404 g/mol. The fraction of sp³-hybridized carbons (Fsp3) is 0.316. The van der Waals surface area contributed by atoms with Crippen molar-refractivity contribution in [3.8, 4) is 0 Å². The molecule has 2 aliphatic rings. The quantitative estimate of drug-likeness (QED) is 0.620. The number of carbonyl (C=O) groups is 1. The van der Waals surface area contributed by atoms with Crippen LogP contribution in [0.5, 0.6) is 0 Å². The lowest BCUT2D eigenvalue weighted by Crippen LogP contribution is -2.57. The summed E-state index contributed by atoms with van der Waals surface area (Å²) in [6.45, 7) is 2.59. The smallest absolute Gasteiger partial charge is 0.244 e. The van der Waals surface area contributed by atoms with Crippen LogP contribution in [-0.2, 0) is 4.79 Å². The standard InChI is InChI=1S/C19H22ClFN6O/c20-13-5-1-4-8-16(13)26-9-11-27(12-10-26)19(28)17-18(24-25-23-17)22-15-7-3-2-6-14(15)21/h1-8,17-18,22-25H,9-12H2. The second-order valence-corrected chi connectivity index (χ2v) is 7.16. The first-order valence-electron chi connectivity index (χ1n) is 9.19. The van der Waals surface area contributed by atoms with Gasteiger partial charge in [0, 0.05) is 26.2 Å². The molecular weight excluding hydrogens is 383 g/mol. The van der Waals surface area contributed by atoms with E-state index in [-0.39, 0.29) is 11.7 Å². The summed E-state index contributed by atoms with van der Waals surface area (Å²) in [7, 11) is 0. The van der Waals surface area contributed by atoms with Crippen molar-refractivity contribution in [2.45, 2.75) is 12.2 Å². The number of piperazine rings is 1. The van der Waals surface area contributed by atoms with Crippen LogP contribution in [-0.4, -0.2) is 49.2 Å². The van der Waals surface area contributed by atoms with Crippen LogP contribution in [0.4, 0.5) is 15.8 Å². The molecule has 0 bridgehead atoms. The molecule has 4 N–H and O–H groups in total. The van der Waals surface area contributed by atoms with E-state index in [0.29, 0.717) is 36.9 Å². The zero-order chi connectivity index (χ0) is 19.5. The van der Waals surface area contributed by atoms with Gasteiger partial charge in [0.25, 0.3) is 0 Å². The van der Waals surface area contributed by atoms with Gasteiger partial charge in [0.15, 0.2) is 0 Å². The van der Waals surface area contributed by atoms with Gasteiger partial charge in [-0.3, -0.25) is 4.79 Å². The van der Waals surface area contributed by atoms with E-state index in [1.165, 1.54) is 6.07 Å². The van der Waals surface area contributed by atoms with Gasteiger partial charge in [0.2, 0.25) is 5.91 Å². The Balaban J connectivity index is 1.38. The number of hydrogen-bond acceptors (Lipinski definition) is 6. The number of hydrazine groups is 2. The molecule has 0 aromatic heterocycles. The normalized spacial score (nSPS) is 22.4. The predicted octanol–water partition coefficient (Wildman–Crippen LogP) is 1.55. The fourth-order valence-corrected chi connectivity index (χ4v) is 3.76. The van der Waals surface area contributed by atoms with Crippen molar-refractivity contribution in [3.05, 3.63) is 59.4 Å². The van der Waals surface area contributed by atoms with Crippen LogP contribution in [0.15, 0.2) is 48.5 Å². The Labute approximate surface area is 167 Å². The maximum Gasteiger partial charge on any atom is 0.244 e. The highest BCUT2D eigenvalue weighted by atomic mass is 35.5. The molecule has 0 saturated carbocycles. The lowest BCUT2D eigenvalue weighted by Gasteiger charge is -2.38. The molecule has 9 heteroatoms. The zero-order valence-corrected chi connectivity index (χ0v) is 15.9. The summed E-state index contributed by atoms with van der Waals surface area (Å²) >= 11 is 6.28. The molecule has 2 unspecified atom stereocenters. The summed E-state index contributed by atoms with van der Waals surface area (Å²) < 4.78 is 13.9. The highest BCUT2D eigenvalue weighted by Crippen LogP contribution is 2.26. The van der Waals surface area contributed by atoms with E-state index in [9.17, 15) is 9.18 Å². The molecule has 7 nitrogen and oxygen atoms in total. The van der Waals surface area contributed by atoms with Crippen molar-refractivity contribution in [1.29, 1.82) is 0 Å². The second-order valence-electron chi connectivity index (χ2n) is 6.76. The van der Waals surface area contributed by atoms with Crippen LogP contribution in [0.2, 0.25) is 5.02 Å². The van der Waals surface area contributed by atoms with Gasteiger partial charge >= 0.3 is 0 Å². The SMILES string of the molecule is O=C(C1NNNC1Nc1ccccc1F)N1CCN(c2ccccc2Cl)CC1. The van der Waals surface area contributed by atoms with Gasteiger partial charge in [-0.05, 0) is 24.3 Å². The van der Waals surface area contributed by atoms with Crippen molar-refractivity contribution < 1.29 is 9.18 Å². The van der Waals surface area contributed by atoms with E-state index in [1.807, 2.05) is 29.2 Å². The average Bonchev–Trinajstić information content (AvgIpc) is 3.18. The number of anilines is 2. The number of halogens is 2. The lowest BCUT2D eigenvalue weighted by atomic mass is 10.1. The molecule has 2 heterocycles. The van der Waals surface area contributed by atoms with Gasteiger partial charge in [-0.2, -0.15) is 5.53 Å². The molecule has 2 aromatic rings. The maximum absolute atomic E-state index is 13.9. The minimum atomic E-state index is -0.563. The fourth-order valence-electron chi connectivity index (χ4n) is 3.51. The summed E-state index contributed by atoms with van der Waals surface area (Å²) in [6, 6.07) is 13.5. The molecule has 0 radical (unpaired) electrons. The number of rotatable bonds is 4. The Morgan fingerprint density at radius 3 is 2.50 bits per heavy atom.